The summed E-state index contributed by atoms with van der Waals surface area (Å²) < 4.78 is 27.9. The van der Waals surface area contributed by atoms with Crippen molar-refractivity contribution < 1.29 is 22.7 Å². The van der Waals surface area contributed by atoms with Gasteiger partial charge in [0.2, 0.25) is 0 Å². The lowest BCUT2D eigenvalue weighted by Gasteiger charge is -2.05. The largest absolute Gasteiger partial charge is 0.478 e. The van der Waals surface area contributed by atoms with Crippen molar-refractivity contribution in [1.82, 2.24) is 4.98 Å². The van der Waals surface area contributed by atoms with E-state index >= 15 is 0 Å². The molecule has 0 saturated carbocycles. The molecule has 2 aromatic rings. The first-order chi connectivity index (χ1) is 9.43. The Morgan fingerprint density at radius 2 is 2.25 bits per heavy atom. The fourth-order valence-electron chi connectivity index (χ4n) is 1.94. The molecule has 2 N–H and O–H groups in total. The Balaban J connectivity index is 1.86. The molecular weight excluding hydrogens is 284 g/mol. The summed E-state index contributed by atoms with van der Waals surface area (Å²) in [6, 6.07) is 4.10. The second kappa shape index (κ2) is 4.34. The number of fused-ring (bicyclic) bond motifs is 1. The molecule has 8 heteroatoms. The van der Waals surface area contributed by atoms with E-state index in [1.165, 1.54) is 24.3 Å². The van der Waals surface area contributed by atoms with Crippen LogP contribution in [0.2, 0.25) is 0 Å². The van der Waals surface area contributed by atoms with Crippen LogP contribution >= 0.6 is 0 Å². The van der Waals surface area contributed by atoms with Gasteiger partial charge in [-0.3, -0.25) is 0 Å². The third-order valence-corrected chi connectivity index (χ3v) is 4.27. The van der Waals surface area contributed by atoms with E-state index in [0.717, 1.165) is 5.41 Å². The Morgan fingerprint density at radius 1 is 1.45 bits per heavy atom. The van der Waals surface area contributed by atoms with E-state index in [2.05, 4.69) is 10.3 Å². The fourth-order valence-corrected chi connectivity index (χ4v) is 3.18. The van der Waals surface area contributed by atoms with E-state index in [1.54, 1.807) is 0 Å². The molecule has 7 nitrogen and oxygen atoms in total. The van der Waals surface area contributed by atoms with Crippen molar-refractivity contribution in [3.63, 3.8) is 0 Å². The van der Waals surface area contributed by atoms with Crippen molar-refractivity contribution in [2.24, 2.45) is 0 Å². The summed E-state index contributed by atoms with van der Waals surface area (Å²) in [7, 11) is -3.15. The Labute approximate surface area is 113 Å². The predicted molar refractivity (Wildman–Crippen MR) is 71.3 cm³/mol. The summed E-state index contributed by atoms with van der Waals surface area (Å²) in [6.45, 7) is 0. The number of sulfone groups is 1. The van der Waals surface area contributed by atoms with Gasteiger partial charge in [0.15, 0.2) is 15.4 Å². The summed E-state index contributed by atoms with van der Waals surface area (Å²) in [6.07, 6.45) is 1.52. The van der Waals surface area contributed by atoms with Crippen LogP contribution in [0.4, 0.5) is 6.01 Å². The highest BCUT2D eigenvalue weighted by Crippen LogP contribution is 2.22. The number of oxazole rings is 1. The second-order valence-electron chi connectivity index (χ2n) is 4.42. The van der Waals surface area contributed by atoms with Crippen molar-refractivity contribution in [3.8, 4) is 0 Å². The van der Waals surface area contributed by atoms with E-state index in [9.17, 15) is 13.2 Å². The summed E-state index contributed by atoms with van der Waals surface area (Å²) >= 11 is 0. The number of aromatic nitrogens is 1. The smallest absolute Gasteiger partial charge is 0.335 e. The summed E-state index contributed by atoms with van der Waals surface area (Å²) in [5.74, 6) is -1.10. The molecule has 0 bridgehead atoms. The molecular formula is C12H10N2O5S. The van der Waals surface area contributed by atoms with Crippen LogP contribution in [0.3, 0.4) is 0 Å². The van der Waals surface area contributed by atoms with Gasteiger partial charge in [-0.25, -0.2) is 13.2 Å². The minimum absolute atomic E-state index is 0.0495. The number of rotatable bonds is 3. The van der Waals surface area contributed by atoms with Crippen molar-refractivity contribution in [3.05, 3.63) is 35.2 Å². The van der Waals surface area contributed by atoms with Crippen molar-refractivity contribution in [2.75, 3.05) is 11.1 Å². The third-order valence-electron chi connectivity index (χ3n) is 2.87. The highest BCUT2D eigenvalue weighted by atomic mass is 32.2. The molecule has 0 fully saturated rings. The molecule has 104 valence electrons. The molecule has 2 heterocycles. The van der Waals surface area contributed by atoms with Gasteiger partial charge >= 0.3 is 5.97 Å². The zero-order valence-corrected chi connectivity index (χ0v) is 10.9. The first kappa shape index (κ1) is 12.7. The van der Waals surface area contributed by atoms with Gasteiger partial charge in [-0.05, 0) is 24.3 Å². The Hall–Kier alpha value is -2.35. The molecule has 0 aliphatic carbocycles. The molecule has 3 rings (SSSR count). The Bertz CT molecular complexity index is 821. The SMILES string of the molecule is O=C(O)c1ccc2nc(NC3C=CS(=O)(=O)C3)oc2c1. The van der Waals surface area contributed by atoms with Crippen LogP contribution in [0.15, 0.2) is 34.1 Å². The average molecular weight is 294 g/mol. The normalized spacial score (nSPS) is 20.3. The van der Waals surface area contributed by atoms with Gasteiger partial charge < -0.3 is 14.8 Å². The second-order valence-corrected chi connectivity index (χ2v) is 6.35. The summed E-state index contributed by atoms with van der Waals surface area (Å²) in [5, 5.41) is 12.9. The Kier molecular flexibility index (Phi) is 2.75. The first-order valence-electron chi connectivity index (χ1n) is 5.74. The van der Waals surface area contributed by atoms with Gasteiger partial charge in [0, 0.05) is 5.41 Å². The highest BCUT2D eigenvalue weighted by molar-refractivity contribution is 7.94. The molecule has 20 heavy (non-hydrogen) atoms. The van der Waals surface area contributed by atoms with Crippen LogP contribution in [0.5, 0.6) is 0 Å². The number of nitrogens with one attached hydrogen (secondary N) is 1. The summed E-state index contributed by atoms with van der Waals surface area (Å²) in [4.78, 5) is 15.0. The van der Waals surface area contributed by atoms with Crippen LogP contribution < -0.4 is 5.32 Å². The zero-order chi connectivity index (χ0) is 14.3. The Morgan fingerprint density at radius 3 is 2.90 bits per heavy atom. The van der Waals surface area contributed by atoms with Gasteiger partial charge in [0.25, 0.3) is 6.01 Å². The van der Waals surface area contributed by atoms with Crippen molar-refractivity contribution >= 4 is 32.9 Å². The van der Waals surface area contributed by atoms with E-state index in [0.29, 0.717) is 11.1 Å². The minimum atomic E-state index is -3.15. The third kappa shape index (κ3) is 2.37. The lowest BCUT2D eigenvalue weighted by Crippen LogP contribution is -2.20. The van der Waals surface area contributed by atoms with Crippen LogP contribution in [0.25, 0.3) is 11.1 Å². The van der Waals surface area contributed by atoms with E-state index < -0.39 is 21.8 Å². The molecule has 1 aliphatic heterocycles. The number of hydrogen-bond acceptors (Lipinski definition) is 6. The number of carboxylic acid groups (broad SMARTS) is 1. The zero-order valence-electron chi connectivity index (χ0n) is 10.1. The van der Waals surface area contributed by atoms with Crippen LogP contribution in [0, 0.1) is 0 Å². The van der Waals surface area contributed by atoms with Crippen LogP contribution in [-0.4, -0.2) is 36.3 Å². The van der Waals surface area contributed by atoms with Crippen LogP contribution in [0.1, 0.15) is 10.4 Å². The highest BCUT2D eigenvalue weighted by Gasteiger charge is 2.23. The predicted octanol–water partition coefficient (Wildman–Crippen LogP) is 1.25. The van der Waals surface area contributed by atoms with E-state index in [1.807, 2.05) is 0 Å². The van der Waals surface area contributed by atoms with E-state index in [4.69, 9.17) is 9.52 Å². The number of anilines is 1. The van der Waals surface area contributed by atoms with Gasteiger partial charge in [-0.2, -0.15) is 4.98 Å². The van der Waals surface area contributed by atoms with E-state index in [-0.39, 0.29) is 17.3 Å². The lowest BCUT2D eigenvalue weighted by molar-refractivity contribution is 0.0697. The molecule has 0 spiro atoms. The van der Waals surface area contributed by atoms with Gasteiger partial charge in [-0.15, -0.1) is 0 Å². The maximum absolute atomic E-state index is 11.3. The number of nitrogens with zero attached hydrogens (tertiary/aromatic N) is 1. The molecule has 1 aliphatic rings. The lowest BCUT2D eigenvalue weighted by atomic mass is 10.2. The number of aromatic carboxylic acids is 1. The maximum atomic E-state index is 11.3. The number of carboxylic acids is 1. The molecule has 1 unspecified atom stereocenters. The molecule has 0 radical (unpaired) electrons. The fraction of sp³-hybridized carbons (Fsp3) is 0.167. The standard InChI is InChI=1S/C12H10N2O5S/c15-11(16)7-1-2-9-10(5-7)19-12(14-9)13-8-3-4-20(17,18)6-8/h1-5,8H,6H2,(H,13,14)(H,15,16). The monoisotopic (exact) mass is 294 g/mol. The summed E-state index contributed by atoms with van der Waals surface area (Å²) in [5.41, 5.74) is 0.933. The van der Waals surface area contributed by atoms with Gasteiger partial charge in [0.1, 0.15) is 5.52 Å². The molecule has 0 saturated heterocycles. The maximum Gasteiger partial charge on any atom is 0.335 e. The molecule has 1 aromatic carbocycles. The molecule has 0 amide bonds. The minimum Gasteiger partial charge on any atom is -0.478 e. The number of hydrogen-bond donors (Lipinski definition) is 2. The van der Waals surface area contributed by atoms with Gasteiger partial charge in [-0.1, -0.05) is 0 Å². The topological polar surface area (TPSA) is 109 Å². The number of benzene rings is 1. The molecule has 1 aromatic heterocycles. The van der Waals surface area contributed by atoms with Crippen molar-refractivity contribution in [2.45, 2.75) is 6.04 Å². The quantitative estimate of drug-likeness (QED) is 0.876. The first-order valence-corrected chi connectivity index (χ1v) is 7.46. The number of carbonyl (C=O) groups is 1. The molecule has 1 atom stereocenters. The van der Waals surface area contributed by atoms with Crippen LogP contribution in [-0.2, 0) is 9.84 Å². The van der Waals surface area contributed by atoms with Crippen molar-refractivity contribution in [1.29, 1.82) is 0 Å². The van der Waals surface area contributed by atoms with Gasteiger partial charge in [0.05, 0.1) is 17.4 Å². The average Bonchev–Trinajstić information content (AvgIpc) is 2.91.